The third-order valence-corrected chi connectivity index (χ3v) is 3.63. The molecule has 0 aromatic heterocycles. The van der Waals surface area contributed by atoms with Gasteiger partial charge in [0.25, 0.3) is 0 Å². The largest absolute Gasteiger partial charge is 0.393 e. The Kier molecular flexibility index (Phi) is 5.57. The summed E-state index contributed by atoms with van der Waals surface area (Å²) in [6.45, 7) is 13.7. The van der Waals surface area contributed by atoms with Crippen molar-refractivity contribution in [3.8, 4) is 0 Å². The summed E-state index contributed by atoms with van der Waals surface area (Å²) in [4.78, 5) is 0. The van der Waals surface area contributed by atoms with Crippen LogP contribution in [0.25, 0.3) is 0 Å². The standard InChI is InChI=1S/C17H29NO/c1-12-7-8-16(13(2)9-12)15(4)18-11-17(5,6)10-14(3)19/h7-9,14-15,18-19H,10-11H2,1-6H3. The maximum absolute atomic E-state index is 9.52. The molecule has 2 heteroatoms. The van der Waals surface area contributed by atoms with Crippen LogP contribution in [0.5, 0.6) is 0 Å². The molecule has 0 spiro atoms. The summed E-state index contributed by atoms with van der Waals surface area (Å²) in [7, 11) is 0. The van der Waals surface area contributed by atoms with Gasteiger partial charge in [-0.25, -0.2) is 0 Å². The van der Waals surface area contributed by atoms with Gasteiger partial charge in [-0.1, -0.05) is 37.6 Å². The predicted octanol–water partition coefficient (Wildman–Crippen LogP) is 3.75. The number of hydrogen-bond acceptors (Lipinski definition) is 2. The summed E-state index contributed by atoms with van der Waals surface area (Å²) in [5.41, 5.74) is 4.12. The molecule has 2 N–H and O–H groups in total. The second-order valence-electron chi connectivity index (χ2n) is 6.68. The van der Waals surface area contributed by atoms with Gasteiger partial charge in [-0.3, -0.25) is 0 Å². The van der Waals surface area contributed by atoms with E-state index in [4.69, 9.17) is 0 Å². The fourth-order valence-electron chi connectivity index (χ4n) is 2.72. The highest BCUT2D eigenvalue weighted by Crippen LogP contribution is 2.24. The van der Waals surface area contributed by atoms with Crippen molar-refractivity contribution < 1.29 is 5.11 Å². The zero-order chi connectivity index (χ0) is 14.6. The molecule has 2 nitrogen and oxygen atoms in total. The van der Waals surface area contributed by atoms with Gasteiger partial charge in [0.15, 0.2) is 0 Å². The molecular formula is C17H29NO. The Morgan fingerprint density at radius 1 is 1.21 bits per heavy atom. The molecule has 0 heterocycles. The van der Waals surface area contributed by atoms with Gasteiger partial charge in [0, 0.05) is 12.6 Å². The van der Waals surface area contributed by atoms with Gasteiger partial charge in [0.05, 0.1) is 6.10 Å². The molecule has 0 aliphatic rings. The molecule has 0 saturated heterocycles. The summed E-state index contributed by atoms with van der Waals surface area (Å²) in [6, 6.07) is 6.95. The average Bonchev–Trinajstić information content (AvgIpc) is 2.24. The second kappa shape index (κ2) is 6.53. The number of aryl methyl sites for hydroxylation is 2. The van der Waals surface area contributed by atoms with E-state index < -0.39 is 0 Å². The number of nitrogens with one attached hydrogen (secondary N) is 1. The van der Waals surface area contributed by atoms with Crippen molar-refractivity contribution in [2.75, 3.05) is 6.54 Å². The van der Waals surface area contributed by atoms with E-state index in [1.807, 2.05) is 6.92 Å². The molecule has 0 bridgehead atoms. The molecule has 2 atom stereocenters. The van der Waals surface area contributed by atoms with Gasteiger partial charge in [-0.2, -0.15) is 0 Å². The van der Waals surface area contributed by atoms with Crippen LogP contribution >= 0.6 is 0 Å². The lowest BCUT2D eigenvalue weighted by Gasteiger charge is -2.29. The Bertz CT molecular complexity index is 410. The zero-order valence-corrected chi connectivity index (χ0v) is 13.2. The van der Waals surface area contributed by atoms with Crippen molar-refractivity contribution in [2.45, 2.75) is 60.1 Å². The van der Waals surface area contributed by atoms with E-state index in [1.54, 1.807) is 0 Å². The summed E-state index contributed by atoms with van der Waals surface area (Å²) in [5, 5.41) is 13.1. The summed E-state index contributed by atoms with van der Waals surface area (Å²) >= 11 is 0. The van der Waals surface area contributed by atoms with Crippen molar-refractivity contribution in [2.24, 2.45) is 5.41 Å². The van der Waals surface area contributed by atoms with E-state index in [0.717, 1.165) is 13.0 Å². The maximum Gasteiger partial charge on any atom is 0.0517 e. The molecule has 0 aliphatic heterocycles. The van der Waals surface area contributed by atoms with Crippen LogP contribution < -0.4 is 5.32 Å². The molecular weight excluding hydrogens is 234 g/mol. The minimum Gasteiger partial charge on any atom is -0.393 e. The Hall–Kier alpha value is -0.860. The van der Waals surface area contributed by atoms with Crippen LogP contribution in [0.1, 0.15) is 56.8 Å². The molecule has 0 radical (unpaired) electrons. The zero-order valence-electron chi connectivity index (χ0n) is 13.2. The molecule has 0 saturated carbocycles. The van der Waals surface area contributed by atoms with Gasteiger partial charge < -0.3 is 10.4 Å². The Balaban J connectivity index is 2.62. The van der Waals surface area contributed by atoms with Gasteiger partial charge in [0.1, 0.15) is 0 Å². The normalized spacial score (nSPS) is 15.3. The Labute approximate surface area is 118 Å². The van der Waals surface area contributed by atoms with Crippen LogP contribution in [0.15, 0.2) is 18.2 Å². The van der Waals surface area contributed by atoms with Gasteiger partial charge in [0.2, 0.25) is 0 Å². The monoisotopic (exact) mass is 263 g/mol. The number of aliphatic hydroxyl groups is 1. The molecule has 0 fully saturated rings. The van der Waals surface area contributed by atoms with Gasteiger partial charge in [-0.05, 0) is 50.7 Å². The molecule has 0 aliphatic carbocycles. The Morgan fingerprint density at radius 3 is 2.37 bits per heavy atom. The molecule has 1 rings (SSSR count). The molecule has 1 aromatic carbocycles. The van der Waals surface area contributed by atoms with E-state index in [9.17, 15) is 5.11 Å². The van der Waals surface area contributed by atoms with Crippen molar-refractivity contribution in [3.63, 3.8) is 0 Å². The number of rotatable bonds is 6. The number of hydrogen-bond donors (Lipinski definition) is 2. The van der Waals surface area contributed by atoms with Crippen molar-refractivity contribution in [1.29, 1.82) is 0 Å². The SMILES string of the molecule is Cc1ccc(C(C)NCC(C)(C)CC(C)O)c(C)c1. The first-order valence-corrected chi connectivity index (χ1v) is 7.20. The van der Waals surface area contributed by atoms with Crippen LogP contribution in [0.2, 0.25) is 0 Å². The van der Waals surface area contributed by atoms with E-state index in [0.29, 0.717) is 6.04 Å². The highest BCUT2D eigenvalue weighted by molar-refractivity contribution is 5.32. The first-order chi connectivity index (χ1) is 8.71. The topological polar surface area (TPSA) is 32.3 Å². The smallest absolute Gasteiger partial charge is 0.0517 e. The quantitative estimate of drug-likeness (QED) is 0.819. The molecule has 108 valence electrons. The third-order valence-electron chi connectivity index (χ3n) is 3.63. The third kappa shape index (κ3) is 5.33. The highest BCUT2D eigenvalue weighted by atomic mass is 16.3. The summed E-state index contributed by atoms with van der Waals surface area (Å²) in [6.07, 6.45) is 0.577. The van der Waals surface area contributed by atoms with Gasteiger partial charge in [-0.15, -0.1) is 0 Å². The second-order valence-corrected chi connectivity index (χ2v) is 6.68. The van der Waals surface area contributed by atoms with Crippen molar-refractivity contribution in [1.82, 2.24) is 5.32 Å². The van der Waals surface area contributed by atoms with Crippen LogP contribution in [0, 0.1) is 19.3 Å². The molecule has 19 heavy (non-hydrogen) atoms. The van der Waals surface area contributed by atoms with E-state index >= 15 is 0 Å². The van der Waals surface area contributed by atoms with Crippen molar-refractivity contribution >= 4 is 0 Å². The summed E-state index contributed by atoms with van der Waals surface area (Å²) in [5.74, 6) is 0. The van der Waals surface area contributed by atoms with E-state index in [2.05, 4.69) is 58.1 Å². The summed E-state index contributed by atoms with van der Waals surface area (Å²) < 4.78 is 0. The number of benzene rings is 1. The fraction of sp³-hybridized carbons (Fsp3) is 0.647. The molecule has 1 aromatic rings. The predicted molar refractivity (Wildman–Crippen MR) is 82.4 cm³/mol. The van der Waals surface area contributed by atoms with Crippen LogP contribution in [0.3, 0.4) is 0 Å². The molecule has 0 amide bonds. The maximum atomic E-state index is 9.52. The average molecular weight is 263 g/mol. The first-order valence-electron chi connectivity index (χ1n) is 7.20. The molecule has 2 unspecified atom stereocenters. The van der Waals surface area contributed by atoms with E-state index in [-0.39, 0.29) is 11.5 Å². The highest BCUT2D eigenvalue weighted by Gasteiger charge is 2.21. The fourth-order valence-corrected chi connectivity index (χ4v) is 2.72. The van der Waals surface area contributed by atoms with Crippen LogP contribution in [-0.4, -0.2) is 17.8 Å². The number of aliphatic hydroxyl groups excluding tert-OH is 1. The minimum atomic E-state index is -0.242. The van der Waals surface area contributed by atoms with Crippen molar-refractivity contribution in [3.05, 3.63) is 34.9 Å². The van der Waals surface area contributed by atoms with E-state index in [1.165, 1.54) is 16.7 Å². The Morgan fingerprint density at radius 2 is 1.84 bits per heavy atom. The van der Waals surface area contributed by atoms with Crippen LogP contribution in [0.4, 0.5) is 0 Å². The van der Waals surface area contributed by atoms with Crippen LogP contribution in [-0.2, 0) is 0 Å². The lowest BCUT2D eigenvalue weighted by Crippen LogP contribution is -2.33. The van der Waals surface area contributed by atoms with Gasteiger partial charge >= 0.3 is 0 Å². The first kappa shape index (κ1) is 16.2. The lowest BCUT2D eigenvalue weighted by molar-refractivity contribution is 0.127. The minimum absolute atomic E-state index is 0.112. The lowest BCUT2D eigenvalue weighted by atomic mass is 9.86.